The first-order valence-electron chi connectivity index (χ1n) is 9.85. The van der Waals surface area contributed by atoms with Crippen LogP contribution in [-0.4, -0.2) is 17.9 Å². The summed E-state index contributed by atoms with van der Waals surface area (Å²) in [4.78, 5) is 27.5. The fourth-order valence-corrected chi connectivity index (χ4v) is 4.64. The van der Waals surface area contributed by atoms with E-state index >= 15 is 0 Å². The lowest BCUT2D eigenvalue weighted by Crippen LogP contribution is -2.36. The van der Waals surface area contributed by atoms with Crippen LogP contribution >= 0.6 is 11.8 Å². The number of aromatic hydroxyl groups is 1. The molecule has 0 fully saturated rings. The van der Waals surface area contributed by atoms with Crippen LogP contribution in [0.5, 0.6) is 5.75 Å². The summed E-state index contributed by atoms with van der Waals surface area (Å²) in [7, 11) is 0. The van der Waals surface area contributed by atoms with Crippen molar-refractivity contribution in [3.8, 4) is 5.75 Å². The number of fused-ring (bicyclic) bond motifs is 1. The fourth-order valence-electron chi connectivity index (χ4n) is 3.47. The summed E-state index contributed by atoms with van der Waals surface area (Å²) in [6, 6.07) is 13.3. The Morgan fingerprint density at radius 2 is 1.97 bits per heavy atom. The Morgan fingerprint density at radius 3 is 2.74 bits per heavy atom. The lowest BCUT2D eigenvalue weighted by atomic mass is 10.1. The molecular weight excluding hydrogens is 410 g/mol. The minimum absolute atomic E-state index is 0.110. The van der Waals surface area contributed by atoms with Crippen LogP contribution in [0.3, 0.4) is 0 Å². The molecule has 6 nitrogen and oxygen atoms in total. The number of nitrogens with one attached hydrogen (secondary N) is 1. The van der Waals surface area contributed by atoms with Gasteiger partial charge in [-0.25, -0.2) is 0 Å². The highest BCUT2D eigenvalue weighted by Crippen LogP contribution is 2.46. The van der Waals surface area contributed by atoms with Gasteiger partial charge < -0.3 is 10.0 Å². The average Bonchev–Trinajstić information content (AvgIpc) is 3.14. The van der Waals surface area contributed by atoms with Crippen molar-refractivity contribution in [1.82, 2.24) is 0 Å². The van der Waals surface area contributed by atoms with E-state index in [2.05, 4.69) is 22.0 Å². The molecular formula is C24H21N3O3S. The van der Waals surface area contributed by atoms with E-state index in [0.717, 1.165) is 27.7 Å². The average molecular weight is 432 g/mol. The molecule has 3 aromatic rings. The van der Waals surface area contributed by atoms with Gasteiger partial charge in [0.15, 0.2) is 0 Å². The molecule has 1 aliphatic heterocycles. The van der Waals surface area contributed by atoms with Crippen molar-refractivity contribution < 1.29 is 5.11 Å². The molecule has 0 spiro atoms. The third kappa shape index (κ3) is 3.80. The standard InChI is InChI=1S/C24H21N3O3S/c1-3-8-15-9-7-10-16(22(15)28)14-25-26-21-17(23(29)24(21)30)13-20-27(4-2)18-11-5-6-12-19(18)31-20/h3,5-7,9-14,26,28H,1,4,8H2,2H3. The molecule has 0 saturated heterocycles. The fraction of sp³-hybridized carbons (Fsp3) is 0.125. The van der Waals surface area contributed by atoms with E-state index < -0.39 is 10.9 Å². The molecule has 0 radical (unpaired) electrons. The third-order valence-electron chi connectivity index (χ3n) is 5.06. The van der Waals surface area contributed by atoms with E-state index in [1.165, 1.54) is 6.21 Å². The van der Waals surface area contributed by atoms with Crippen LogP contribution in [0.25, 0.3) is 6.08 Å². The maximum absolute atomic E-state index is 12.2. The smallest absolute Gasteiger partial charge is 0.252 e. The first kappa shape index (κ1) is 20.7. The molecule has 1 heterocycles. The van der Waals surface area contributed by atoms with Crippen molar-refractivity contribution in [2.45, 2.75) is 18.2 Å². The van der Waals surface area contributed by atoms with Gasteiger partial charge in [-0.15, -0.1) is 6.58 Å². The van der Waals surface area contributed by atoms with Gasteiger partial charge in [0.1, 0.15) is 11.4 Å². The highest BCUT2D eigenvalue weighted by Gasteiger charge is 2.26. The number of anilines is 2. The summed E-state index contributed by atoms with van der Waals surface area (Å²) < 4.78 is 0. The Morgan fingerprint density at radius 1 is 1.16 bits per heavy atom. The van der Waals surface area contributed by atoms with Crippen LogP contribution in [0.4, 0.5) is 11.4 Å². The molecule has 3 aromatic carbocycles. The molecule has 0 bridgehead atoms. The lowest BCUT2D eigenvalue weighted by molar-refractivity contribution is 0.469. The molecule has 31 heavy (non-hydrogen) atoms. The summed E-state index contributed by atoms with van der Waals surface area (Å²) >= 11 is 1.56. The van der Waals surface area contributed by atoms with Crippen molar-refractivity contribution in [3.63, 3.8) is 0 Å². The Balaban J connectivity index is 1.58. The molecule has 0 unspecified atom stereocenters. The monoisotopic (exact) mass is 431 g/mol. The Labute approximate surface area is 183 Å². The minimum atomic E-state index is -0.600. The quantitative estimate of drug-likeness (QED) is 0.254. The first-order valence-corrected chi connectivity index (χ1v) is 10.7. The molecule has 0 aliphatic carbocycles. The maximum atomic E-state index is 12.2. The largest absolute Gasteiger partial charge is 0.507 e. The topological polar surface area (TPSA) is 82.0 Å². The van der Waals surface area contributed by atoms with Crippen LogP contribution in [0.2, 0.25) is 0 Å². The number of benzene rings is 2. The second kappa shape index (κ2) is 8.65. The Kier molecular flexibility index (Phi) is 5.77. The Bertz CT molecular complexity index is 1290. The van der Waals surface area contributed by atoms with Crippen molar-refractivity contribution in [2.75, 3.05) is 16.9 Å². The highest BCUT2D eigenvalue weighted by atomic mass is 32.2. The molecule has 0 aromatic heterocycles. The lowest BCUT2D eigenvalue weighted by Gasteiger charge is -2.18. The van der Waals surface area contributed by atoms with Gasteiger partial charge in [-0.2, -0.15) is 5.10 Å². The van der Waals surface area contributed by atoms with E-state index in [9.17, 15) is 14.7 Å². The molecule has 156 valence electrons. The number of para-hydroxylation sites is 2. The van der Waals surface area contributed by atoms with E-state index in [0.29, 0.717) is 17.5 Å². The van der Waals surface area contributed by atoms with E-state index in [1.54, 1.807) is 42.1 Å². The Hall–Kier alpha value is -3.58. The number of hydrogen-bond acceptors (Lipinski definition) is 7. The number of rotatable bonds is 7. The molecule has 7 heteroatoms. The van der Waals surface area contributed by atoms with Crippen molar-refractivity contribution in [1.29, 1.82) is 0 Å². The van der Waals surface area contributed by atoms with Gasteiger partial charge in [0.25, 0.3) is 5.43 Å². The summed E-state index contributed by atoms with van der Waals surface area (Å²) in [6.45, 7) is 6.46. The van der Waals surface area contributed by atoms with Gasteiger partial charge in [0, 0.05) is 17.0 Å². The van der Waals surface area contributed by atoms with E-state index in [4.69, 9.17) is 0 Å². The van der Waals surface area contributed by atoms with Crippen LogP contribution in [0, 0.1) is 0 Å². The summed E-state index contributed by atoms with van der Waals surface area (Å²) in [5, 5.41) is 15.3. The van der Waals surface area contributed by atoms with Crippen molar-refractivity contribution in [3.05, 3.63) is 97.3 Å². The second-order valence-corrected chi connectivity index (χ2v) is 8.02. The van der Waals surface area contributed by atoms with Crippen LogP contribution in [0.1, 0.15) is 23.6 Å². The number of thioether (sulfide) groups is 1. The second-order valence-electron chi connectivity index (χ2n) is 6.96. The van der Waals surface area contributed by atoms with Gasteiger partial charge >= 0.3 is 0 Å². The van der Waals surface area contributed by atoms with Crippen LogP contribution in [-0.2, 0) is 6.42 Å². The molecule has 4 rings (SSSR count). The van der Waals surface area contributed by atoms with Gasteiger partial charge in [-0.1, -0.05) is 42.1 Å². The SMILES string of the molecule is C=CCc1cccc(C=NNc2c(C=C3Sc4ccccc4N3CC)c(=O)c2=O)c1O. The number of allylic oxidation sites excluding steroid dienone is 1. The van der Waals surface area contributed by atoms with Gasteiger partial charge in [0.2, 0.25) is 5.43 Å². The number of phenols is 1. The molecule has 0 saturated carbocycles. The minimum Gasteiger partial charge on any atom is -0.507 e. The molecule has 0 atom stereocenters. The van der Waals surface area contributed by atoms with Crippen molar-refractivity contribution >= 4 is 35.4 Å². The molecule has 0 amide bonds. The predicted octanol–water partition coefficient (Wildman–Crippen LogP) is 4.09. The number of hydrogen-bond donors (Lipinski definition) is 2. The molecule has 2 N–H and O–H groups in total. The van der Waals surface area contributed by atoms with Gasteiger partial charge in [0.05, 0.1) is 22.5 Å². The maximum Gasteiger partial charge on any atom is 0.252 e. The van der Waals surface area contributed by atoms with Crippen molar-refractivity contribution in [2.24, 2.45) is 5.10 Å². The van der Waals surface area contributed by atoms with Crippen LogP contribution in [0.15, 0.2) is 79.7 Å². The highest BCUT2D eigenvalue weighted by molar-refractivity contribution is 8.03. The first-order chi connectivity index (χ1) is 15.0. The summed E-state index contributed by atoms with van der Waals surface area (Å²) in [5.74, 6) is 0.110. The molecule has 1 aliphatic rings. The van der Waals surface area contributed by atoms with Gasteiger partial charge in [-0.3, -0.25) is 15.0 Å². The summed E-state index contributed by atoms with van der Waals surface area (Å²) in [5.41, 5.74) is 4.33. The zero-order valence-electron chi connectivity index (χ0n) is 17.0. The van der Waals surface area contributed by atoms with Gasteiger partial charge in [-0.05, 0) is 43.2 Å². The number of phenolic OH excluding ortho intramolecular Hbond substituents is 1. The number of nitrogens with zero attached hydrogens (tertiary/aromatic N) is 2. The normalized spacial score (nSPS) is 14.5. The summed E-state index contributed by atoms with van der Waals surface area (Å²) in [6.07, 6.45) is 5.40. The van der Waals surface area contributed by atoms with E-state index in [-0.39, 0.29) is 11.4 Å². The third-order valence-corrected chi connectivity index (χ3v) is 6.18. The zero-order chi connectivity index (χ0) is 22.0. The van der Waals surface area contributed by atoms with E-state index in [1.807, 2.05) is 31.2 Å². The number of hydrazone groups is 1. The predicted molar refractivity (Wildman–Crippen MR) is 128 cm³/mol. The van der Waals surface area contributed by atoms with Crippen LogP contribution < -0.4 is 21.2 Å². The zero-order valence-corrected chi connectivity index (χ0v) is 17.8.